The Hall–Kier alpha value is -4.46. The zero-order valence-corrected chi connectivity index (χ0v) is 20.1. The summed E-state index contributed by atoms with van der Waals surface area (Å²) in [7, 11) is 4.51. The maximum Gasteiger partial charge on any atom is 0.255 e. The summed E-state index contributed by atoms with van der Waals surface area (Å²) in [5, 5.41) is 5.59. The van der Waals surface area contributed by atoms with Gasteiger partial charge in [-0.1, -0.05) is 24.3 Å². The molecule has 0 spiro atoms. The van der Waals surface area contributed by atoms with E-state index in [9.17, 15) is 9.59 Å². The number of rotatable bonds is 10. The molecule has 8 nitrogen and oxygen atoms in total. The third-order valence-corrected chi connectivity index (χ3v) is 4.98. The summed E-state index contributed by atoms with van der Waals surface area (Å²) < 4.78 is 21.7. The minimum absolute atomic E-state index is 0.295. The standard InChI is InChI=1S/C27H28N2O6/c1-5-35-22-13-11-18(15-25(22)34-4)12-14-26(30)28-20-16-24(33-3)21(17-23(20)32-2)29-27(31)19-9-7-6-8-10-19/h6-17H,5H2,1-4H3,(H,28,30)(H,29,31). The Morgan fingerprint density at radius 3 is 2.00 bits per heavy atom. The van der Waals surface area contributed by atoms with Crippen LogP contribution in [0.5, 0.6) is 23.0 Å². The van der Waals surface area contributed by atoms with Crippen LogP contribution in [0.4, 0.5) is 11.4 Å². The van der Waals surface area contributed by atoms with E-state index >= 15 is 0 Å². The van der Waals surface area contributed by atoms with Gasteiger partial charge in [-0.25, -0.2) is 0 Å². The van der Waals surface area contributed by atoms with E-state index in [0.29, 0.717) is 46.5 Å². The molecule has 3 aromatic carbocycles. The van der Waals surface area contributed by atoms with E-state index in [2.05, 4.69) is 10.6 Å². The average Bonchev–Trinajstić information content (AvgIpc) is 2.89. The Morgan fingerprint density at radius 2 is 1.40 bits per heavy atom. The molecule has 0 aliphatic heterocycles. The summed E-state index contributed by atoms with van der Waals surface area (Å²) in [6.45, 7) is 2.42. The molecule has 0 aliphatic carbocycles. The first-order valence-corrected chi connectivity index (χ1v) is 10.9. The summed E-state index contributed by atoms with van der Waals surface area (Å²) in [5.74, 6) is 1.27. The van der Waals surface area contributed by atoms with E-state index in [-0.39, 0.29) is 11.8 Å². The molecule has 3 aromatic rings. The Morgan fingerprint density at radius 1 is 0.771 bits per heavy atom. The quantitative estimate of drug-likeness (QED) is 0.399. The molecule has 2 N–H and O–H groups in total. The molecular weight excluding hydrogens is 448 g/mol. The zero-order chi connectivity index (χ0) is 25.2. The largest absolute Gasteiger partial charge is 0.494 e. The van der Waals surface area contributed by atoms with Gasteiger partial charge in [-0.2, -0.15) is 0 Å². The molecule has 8 heteroatoms. The smallest absolute Gasteiger partial charge is 0.255 e. The van der Waals surface area contributed by atoms with Crippen molar-refractivity contribution < 1.29 is 28.5 Å². The average molecular weight is 477 g/mol. The molecule has 0 bridgehead atoms. The first-order valence-electron chi connectivity index (χ1n) is 10.9. The van der Waals surface area contributed by atoms with Gasteiger partial charge in [0.1, 0.15) is 11.5 Å². The summed E-state index contributed by atoms with van der Waals surface area (Å²) in [6.07, 6.45) is 3.05. The number of nitrogens with one attached hydrogen (secondary N) is 2. The molecule has 0 saturated heterocycles. The number of ether oxygens (including phenoxy) is 4. The summed E-state index contributed by atoms with van der Waals surface area (Å²) in [4.78, 5) is 25.2. The van der Waals surface area contributed by atoms with E-state index in [0.717, 1.165) is 5.56 Å². The normalized spacial score (nSPS) is 10.5. The number of anilines is 2. The number of amides is 2. The predicted molar refractivity (Wildman–Crippen MR) is 136 cm³/mol. The molecule has 0 atom stereocenters. The molecule has 0 aromatic heterocycles. The number of hydrogen-bond acceptors (Lipinski definition) is 6. The van der Waals surface area contributed by atoms with E-state index in [1.807, 2.05) is 19.1 Å². The fourth-order valence-corrected chi connectivity index (χ4v) is 3.29. The van der Waals surface area contributed by atoms with Gasteiger partial charge in [-0.3, -0.25) is 9.59 Å². The van der Waals surface area contributed by atoms with Crippen LogP contribution in [-0.4, -0.2) is 39.8 Å². The molecule has 0 saturated carbocycles. The van der Waals surface area contributed by atoms with Crippen LogP contribution in [0.3, 0.4) is 0 Å². The monoisotopic (exact) mass is 476 g/mol. The fraction of sp³-hybridized carbons (Fsp3) is 0.185. The van der Waals surface area contributed by atoms with Crippen molar-refractivity contribution in [3.05, 3.63) is 77.9 Å². The van der Waals surface area contributed by atoms with Crippen LogP contribution < -0.4 is 29.6 Å². The second kappa shape index (κ2) is 12.1. The van der Waals surface area contributed by atoms with Crippen molar-refractivity contribution in [2.24, 2.45) is 0 Å². The molecule has 0 unspecified atom stereocenters. The van der Waals surface area contributed by atoms with Gasteiger partial charge in [0.25, 0.3) is 5.91 Å². The van der Waals surface area contributed by atoms with Crippen LogP contribution >= 0.6 is 0 Å². The third kappa shape index (κ3) is 6.54. The molecule has 0 radical (unpaired) electrons. The third-order valence-electron chi connectivity index (χ3n) is 4.98. The van der Waals surface area contributed by atoms with Crippen molar-refractivity contribution in [3.63, 3.8) is 0 Å². The Labute approximate surface area is 204 Å². The van der Waals surface area contributed by atoms with Gasteiger partial charge in [-0.15, -0.1) is 0 Å². The molecule has 0 fully saturated rings. The van der Waals surface area contributed by atoms with Crippen molar-refractivity contribution in [1.82, 2.24) is 0 Å². The zero-order valence-electron chi connectivity index (χ0n) is 20.1. The fourth-order valence-electron chi connectivity index (χ4n) is 3.29. The van der Waals surface area contributed by atoms with E-state index in [1.165, 1.54) is 20.3 Å². The lowest BCUT2D eigenvalue weighted by atomic mass is 10.1. The minimum Gasteiger partial charge on any atom is -0.494 e. The van der Waals surface area contributed by atoms with Gasteiger partial charge >= 0.3 is 0 Å². The maximum absolute atomic E-state index is 12.6. The highest BCUT2D eigenvalue weighted by molar-refractivity contribution is 6.06. The number of benzene rings is 3. The van der Waals surface area contributed by atoms with Crippen molar-refractivity contribution in [1.29, 1.82) is 0 Å². The highest BCUT2D eigenvalue weighted by Crippen LogP contribution is 2.37. The first kappa shape index (κ1) is 25.2. The van der Waals surface area contributed by atoms with Gasteiger partial charge in [0, 0.05) is 23.8 Å². The Kier molecular flexibility index (Phi) is 8.72. The van der Waals surface area contributed by atoms with Crippen molar-refractivity contribution in [3.8, 4) is 23.0 Å². The van der Waals surface area contributed by atoms with Crippen molar-refractivity contribution in [2.45, 2.75) is 6.92 Å². The van der Waals surface area contributed by atoms with Gasteiger partial charge in [0.2, 0.25) is 5.91 Å². The Bertz CT molecular complexity index is 1210. The summed E-state index contributed by atoms with van der Waals surface area (Å²) in [6, 6.07) is 17.4. The second-order valence-corrected chi connectivity index (χ2v) is 7.24. The van der Waals surface area contributed by atoms with Crippen LogP contribution in [0.1, 0.15) is 22.8 Å². The number of hydrogen-bond donors (Lipinski definition) is 2. The molecule has 0 aliphatic rings. The minimum atomic E-state index is -0.376. The topological polar surface area (TPSA) is 95.1 Å². The maximum atomic E-state index is 12.6. The van der Waals surface area contributed by atoms with Gasteiger partial charge in [-0.05, 0) is 42.8 Å². The van der Waals surface area contributed by atoms with Crippen molar-refractivity contribution in [2.75, 3.05) is 38.6 Å². The van der Waals surface area contributed by atoms with Gasteiger partial charge < -0.3 is 29.6 Å². The highest BCUT2D eigenvalue weighted by Gasteiger charge is 2.15. The first-order chi connectivity index (χ1) is 17.0. The summed E-state index contributed by atoms with van der Waals surface area (Å²) >= 11 is 0. The highest BCUT2D eigenvalue weighted by atomic mass is 16.5. The van der Waals surface area contributed by atoms with Gasteiger partial charge in [0.05, 0.1) is 39.3 Å². The summed E-state index contributed by atoms with van der Waals surface area (Å²) in [5.41, 5.74) is 2.07. The lowest BCUT2D eigenvalue weighted by Crippen LogP contribution is -2.14. The molecular formula is C27H28N2O6. The molecule has 3 rings (SSSR count). The van der Waals surface area contributed by atoms with Crippen LogP contribution in [0, 0.1) is 0 Å². The molecule has 2 amide bonds. The van der Waals surface area contributed by atoms with E-state index in [1.54, 1.807) is 61.7 Å². The van der Waals surface area contributed by atoms with Crippen LogP contribution in [-0.2, 0) is 4.79 Å². The molecule has 0 heterocycles. The molecule has 35 heavy (non-hydrogen) atoms. The van der Waals surface area contributed by atoms with Gasteiger partial charge in [0.15, 0.2) is 11.5 Å². The second-order valence-electron chi connectivity index (χ2n) is 7.24. The van der Waals surface area contributed by atoms with Crippen molar-refractivity contribution >= 4 is 29.3 Å². The molecule has 182 valence electrons. The van der Waals surface area contributed by atoms with E-state index < -0.39 is 0 Å². The van der Waals surface area contributed by atoms with Crippen LogP contribution in [0.25, 0.3) is 6.08 Å². The van der Waals surface area contributed by atoms with E-state index in [4.69, 9.17) is 18.9 Å². The SMILES string of the molecule is CCOc1ccc(C=CC(=O)Nc2cc(OC)c(NC(=O)c3ccccc3)cc2OC)cc1OC. The van der Waals surface area contributed by atoms with Crippen LogP contribution in [0.2, 0.25) is 0 Å². The Balaban J connectivity index is 1.77. The number of methoxy groups -OCH3 is 3. The van der Waals surface area contributed by atoms with Crippen LogP contribution in [0.15, 0.2) is 66.7 Å². The predicted octanol–water partition coefficient (Wildman–Crippen LogP) is 5.02. The lowest BCUT2D eigenvalue weighted by Gasteiger charge is -2.16. The lowest BCUT2D eigenvalue weighted by molar-refractivity contribution is -0.111. The number of carbonyl (C=O) groups is 2. The number of carbonyl (C=O) groups excluding carboxylic acids is 2.